The number of nitrogens with one attached hydrogen (secondary N) is 1. The van der Waals surface area contributed by atoms with E-state index in [1.165, 1.54) is 5.56 Å². The monoisotopic (exact) mass is 418 g/mol. The lowest BCUT2D eigenvalue weighted by Gasteiger charge is -2.50. The van der Waals surface area contributed by atoms with Gasteiger partial charge >= 0.3 is 0 Å². The number of anilines is 2. The van der Waals surface area contributed by atoms with Gasteiger partial charge in [0.05, 0.1) is 25.5 Å². The SMILES string of the molecule is CN=C1C(=C2Cc3ccccc3N2)C(=O)C2(CN(C)C2)N1c1cc(OC)cc(OC)c1. The van der Waals surface area contributed by atoms with Gasteiger partial charge in [-0.15, -0.1) is 0 Å². The summed E-state index contributed by atoms with van der Waals surface area (Å²) in [5, 5.41) is 3.47. The maximum Gasteiger partial charge on any atom is 0.196 e. The lowest BCUT2D eigenvalue weighted by molar-refractivity contribution is -0.123. The first-order valence-corrected chi connectivity index (χ1v) is 10.3. The average Bonchev–Trinajstić information content (AvgIpc) is 3.29. The van der Waals surface area contributed by atoms with Crippen LogP contribution < -0.4 is 19.7 Å². The number of methoxy groups -OCH3 is 2. The van der Waals surface area contributed by atoms with Crippen molar-refractivity contribution < 1.29 is 14.3 Å². The van der Waals surface area contributed by atoms with Crippen LogP contribution in [0.4, 0.5) is 11.4 Å². The zero-order chi connectivity index (χ0) is 21.8. The minimum atomic E-state index is -0.681. The molecule has 3 aliphatic rings. The zero-order valence-corrected chi connectivity index (χ0v) is 18.2. The molecule has 3 heterocycles. The number of hydrogen-bond acceptors (Lipinski definition) is 6. The normalized spacial score (nSPS) is 23.2. The number of benzene rings is 2. The van der Waals surface area contributed by atoms with E-state index in [2.05, 4.69) is 26.2 Å². The summed E-state index contributed by atoms with van der Waals surface area (Å²) in [5.41, 5.74) is 3.99. The molecular weight excluding hydrogens is 392 g/mol. The van der Waals surface area contributed by atoms with E-state index in [0.29, 0.717) is 42.4 Å². The van der Waals surface area contributed by atoms with Crippen molar-refractivity contribution in [2.24, 2.45) is 4.99 Å². The second-order valence-electron chi connectivity index (χ2n) is 8.30. The van der Waals surface area contributed by atoms with Crippen molar-refractivity contribution in [3.8, 4) is 11.5 Å². The Kier molecular flexibility index (Phi) is 4.51. The van der Waals surface area contributed by atoms with E-state index in [0.717, 1.165) is 17.1 Å². The molecule has 0 amide bonds. The number of hydrogen-bond donors (Lipinski definition) is 1. The van der Waals surface area contributed by atoms with E-state index in [-0.39, 0.29) is 5.78 Å². The number of Topliss-reactive ketones (excluding diaryl/α,β-unsaturated/α-hetero) is 1. The van der Waals surface area contributed by atoms with Crippen molar-refractivity contribution in [1.29, 1.82) is 0 Å². The highest BCUT2D eigenvalue weighted by atomic mass is 16.5. The Labute approximate surface area is 182 Å². The largest absolute Gasteiger partial charge is 0.497 e. The van der Waals surface area contributed by atoms with Gasteiger partial charge in [0, 0.05) is 56.1 Å². The molecule has 160 valence electrons. The molecule has 5 rings (SSSR count). The molecule has 0 aliphatic carbocycles. The molecule has 0 saturated carbocycles. The topological polar surface area (TPSA) is 66.4 Å². The van der Waals surface area contributed by atoms with Crippen LogP contribution in [-0.2, 0) is 11.2 Å². The molecule has 31 heavy (non-hydrogen) atoms. The summed E-state index contributed by atoms with van der Waals surface area (Å²) in [4.78, 5) is 22.8. The van der Waals surface area contributed by atoms with Gasteiger partial charge in [-0.1, -0.05) is 18.2 Å². The minimum absolute atomic E-state index is 0.114. The maximum absolute atomic E-state index is 13.9. The first kappa shape index (κ1) is 19.6. The van der Waals surface area contributed by atoms with Crippen molar-refractivity contribution in [3.63, 3.8) is 0 Å². The maximum atomic E-state index is 13.9. The lowest BCUT2D eigenvalue weighted by atomic mass is 9.84. The number of carbonyl (C=O) groups excluding carboxylic acids is 1. The molecule has 1 spiro atoms. The van der Waals surface area contributed by atoms with E-state index < -0.39 is 5.54 Å². The molecule has 0 aromatic heterocycles. The van der Waals surface area contributed by atoms with Gasteiger partial charge < -0.3 is 24.6 Å². The van der Waals surface area contributed by atoms with Gasteiger partial charge in [0.1, 0.15) is 22.9 Å². The van der Waals surface area contributed by atoms with Gasteiger partial charge in [0.2, 0.25) is 0 Å². The molecule has 0 bridgehead atoms. The Morgan fingerprint density at radius 3 is 2.32 bits per heavy atom. The number of ether oxygens (including phenoxy) is 2. The number of allylic oxidation sites excluding steroid dienone is 1. The van der Waals surface area contributed by atoms with Crippen molar-refractivity contribution in [1.82, 2.24) is 4.90 Å². The minimum Gasteiger partial charge on any atom is -0.497 e. The Morgan fingerprint density at radius 2 is 1.74 bits per heavy atom. The number of nitrogens with zero attached hydrogens (tertiary/aromatic N) is 3. The third kappa shape index (κ3) is 2.84. The summed E-state index contributed by atoms with van der Waals surface area (Å²) in [6, 6.07) is 13.9. The van der Waals surface area contributed by atoms with Crippen LogP contribution in [0.15, 0.2) is 58.7 Å². The van der Waals surface area contributed by atoms with Crippen LogP contribution in [0.25, 0.3) is 0 Å². The Bertz CT molecular complexity index is 1080. The second kappa shape index (κ2) is 7.13. The molecule has 1 N–H and O–H groups in total. The number of carbonyl (C=O) groups is 1. The van der Waals surface area contributed by atoms with Crippen LogP contribution in [0.2, 0.25) is 0 Å². The molecule has 2 fully saturated rings. The summed E-state index contributed by atoms with van der Waals surface area (Å²) in [7, 11) is 7.03. The third-order valence-corrected chi connectivity index (χ3v) is 6.35. The van der Waals surface area contributed by atoms with Crippen LogP contribution in [0, 0.1) is 0 Å². The molecule has 2 aromatic rings. The molecule has 3 aliphatic heterocycles. The summed E-state index contributed by atoms with van der Waals surface area (Å²) in [6.07, 6.45) is 0.692. The van der Waals surface area contributed by atoms with E-state index in [4.69, 9.17) is 9.47 Å². The number of ketones is 1. The highest BCUT2D eigenvalue weighted by Crippen LogP contribution is 2.45. The average molecular weight is 418 g/mol. The number of amidine groups is 1. The van der Waals surface area contributed by atoms with Gasteiger partial charge in [-0.05, 0) is 18.7 Å². The van der Waals surface area contributed by atoms with E-state index >= 15 is 0 Å². The van der Waals surface area contributed by atoms with Crippen LogP contribution in [0.1, 0.15) is 5.56 Å². The van der Waals surface area contributed by atoms with E-state index in [1.807, 2.05) is 43.4 Å². The van der Waals surface area contributed by atoms with Gasteiger partial charge in [-0.2, -0.15) is 0 Å². The fraction of sp³-hybridized carbons (Fsp3) is 0.333. The molecule has 7 heteroatoms. The summed E-state index contributed by atoms with van der Waals surface area (Å²) >= 11 is 0. The van der Waals surface area contributed by atoms with E-state index in [1.54, 1.807) is 21.3 Å². The Hall–Kier alpha value is -3.32. The summed E-state index contributed by atoms with van der Waals surface area (Å²) < 4.78 is 11.0. The number of likely N-dealkylation sites (N-methyl/N-ethyl adjacent to an activating group) is 1. The summed E-state index contributed by atoms with van der Waals surface area (Å²) in [6.45, 7) is 1.27. The lowest BCUT2D eigenvalue weighted by Crippen LogP contribution is -2.70. The predicted molar refractivity (Wildman–Crippen MR) is 121 cm³/mol. The van der Waals surface area contributed by atoms with Crippen molar-refractivity contribution >= 4 is 23.0 Å². The van der Waals surface area contributed by atoms with Gasteiger partial charge in [0.25, 0.3) is 0 Å². The predicted octanol–water partition coefficient (Wildman–Crippen LogP) is 2.73. The first-order chi connectivity index (χ1) is 15.0. The van der Waals surface area contributed by atoms with Gasteiger partial charge in [-0.3, -0.25) is 9.79 Å². The van der Waals surface area contributed by atoms with Crippen LogP contribution in [0.5, 0.6) is 11.5 Å². The van der Waals surface area contributed by atoms with Crippen LogP contribution in [0.3, 0.4) is 0 Å². The quantitative estimate of drug-likeness (QED) is 0.774. The summed E-state index contributed by atoms with van der Waals surface area (Å²) in [5.74, 6) is 2.15. The number of rotatable bonds is 3. The number of likely N-dealkylation sites (tertiary alicyclic amines) is 1. The Balaban J connectivity index is 1.67. The fourth-order valence-electron chi connectivity index (χ4n) is 5.00. The van der Waals surface area contributed by atoms with Gasteiger partial charge in [0.15, 0.2) is 5.78 Å². The molecule has 0 unspecified atom stereocenters. The Morgan fingerprint density at radius 1 is 1.06 bits per heavy atom. The van der Waals surface area contributed by atoms with Gasteiger partial charge in [-0.25, -0.2) is 0 Å². The second-order valence-corrected chi connectivity index (χ2v) is 8.30. The standard InChI is InChI=1S/C24H26N4O3/c1-25-23-21(20-9-15-7-5-6-8-19(15)26-20)22(29)24(13-27(2)14-24)28(23)16-10-17(30-3)12-18(11-16)31-4/h5-8,10-12,26H,9,13-14H2,1-4H3. The number of para-hydroxylation sites is 1. The first-order valence-electron chi connectivity index (χ1n) is 10.3. The third-order valence-electron chi connectivity index (χ3n) is 6.35. The zero-order valence-electron chi connectivity index (χ0n) is 18.2. The van der Waals surface area contributed by atoms with E-state index in [9.17, 15) is 4.79 Å². The van der Waals surface area contributed by atoms with Crippen LogP contribution in [-0.4, -0.2) is 63.5 Å². The highest BCUT2D eigenvalue weighted by Gasteiger charge is 2.61. The molecular formula is C24H26N4O3. The van der Waals surface area contributed by atoms with Crippen molar-refractivity contribution in [2.75, 3.05) is 51.6 Å². The molecule has 7 nitrogen and oxygen atoms in total. The van der Waals surface area contributed by atoms with Crippen molar-refractivity contribution in [2.45, 2.75) is 12.0 Å². The van der Waals surface area contributed by atoms with Crippen molar-refractivity contribution in [3.05, 3.63) is 59.3 Å². The molecule has 0 radical (unpaired) electrons. The molecule has 0 atom stereocenters. The smallest absolute Gasteiger partial charge is 0.196 e. The fourth-order valence-corrected chi connectivity index (χ4v) is 5.00. The molecule has 2 aromatic carbocycles. The highest BCUT2D eigenvalue weighted by molar-refractivity contribution is 6.38. The number of aliphatic imine (C=N–C) groups is 1. The van der Waals surface area contributed by atoms with Crippen LogP contribution >= 0.6 is 0 Å². The number of fused-ring (bicyclic) bond motifs is 1. The molecule has 2 saturated heterocycles.